The maximum absolute atomic E-state index is 6.71. The van der Waals surface area contributed by atoms with Gasteiger partial charge in [0, 0.05) is 30.7 Å². The molecule has 0 radical (unpaired) electrons. The Balaban J connectivity index is 1.65. The van der Waals surface area contributed by atoms with E-state index in [0.29, 0.717) is 21.0 Å². The van der Waals surface area contributed by atoms with E-state index in [1.54, 1.807) is 6.07 Å². The molecule has 0 bridgehead atoms. The third-order valence-electron chi connectivity index (χ3n) is 5.81. The van der Waals surface area contributed by atoms with E-state index in [4.69, 9.17) is 39.5 Å². The number of hydrogen-bond donors (Lipinski definition) is 1. The highest BCUT2D eigenvalue weighted by molar-refractivity contribution is 9.10. The Bertz CT molecular complexity index is 1430. The average molecular weight is 561 g/mol. The molecule has 0 spiro atoms. The van der Waals surface area contributed by atoms with E-state index in [-0.39, 0.29) is 6.04 Å². The Morgan fingerprint density at radius 1 is 0.939 bits per heavy atom. The summed E-state index contributed by atoms with van der Waals surface area (Å²) in [6.45, 7) is 0. The molecule has 1 N–H and O–H groups in total. The van der Waals surface area contributed by atoms with Crippen LogP contribution in [0.4, 0.5) is 5.95 Å². The van der Waals surface area contributed by atoms with Gasteiger partial charge in [0.2, 0.25) is 5.95 Å². The zero-order valence-corrected chi connectivity index (χ0v) is 20.6. The molecule has 0 aliphatic carbocycles. The molecule has 3 heterocycles. The number of hydrogen-bond acceptors (Lipinski definition) is 4. The molecule has 2 aliphatic heterocycles. The van der Waals surface area contributed by atoms with Crippen LogP contribution in [0.3, 0.4) is 0 Å². The molecule has 1 aromatic heterocycles. The summed E-state index contributed by atoms with van der Waals surface area (Å²) < 4.78 is 9.39. The van der Waals surface area contributed by atoms with Gasteiger partial charge in [-0.3, -0.25) is 0 Å². The number of benzene rings is 3. The van der Waals surface area contributed by atoms with Crippen LogP contribution in [-0.2, 0) is 0 Å². The Hall–Kier alpha value is -2.51. The quantitative estimate of drug-likeness (QED) is 0.275. The number of nitrogens with one attached hydrogen (secondary N) is 1. The number of rotatable bonds is 2. The van der Waals surface area contributed by atoms with Crippen molar-refractivity contribution in [3.8, 4) is 5.75 Å². The predicted molar refractivity (Wildman–Crippen MR) is 134 cm³/mol. The number of aromatic nitrogens is 3. The lowest BCUT2D eigenvalue weighted by molar-refractivity contribution is 0.223. The van der Waals surface area contributed by atoms with E-state index < -0.39 is 6.10 Å². The van der Waals surface area contributed by atoms with Crippen LogP contribution in [0.5, 0.6) is 5.75 Å². The second-order valence-electron chi connectivity index (χ2n) is 7.74. The molecule has 0 fully saturated rings. The minimum absolute atomic E-state index is 0.371. The number of fused-ring (bicyclic) bond motifs is 3. The average Bonchev–Trinajstić information content (AvgIpc) is 3.27. The fraction of sp³-hybridized carbons (Fsp3) is 0.0833. The van der Waals surface area contributed by atoms with Gasteiger partial charge in [-0.15, -0.1) is 0 Å². The van der Waals surface area contributed by atoms with Crippen molar-refractivity contribution < 1.29 is 4.74 Å². The Morgan fingerprint density at radius 2 is 1.70 bits per heavy atom. The number of halogens is 4. The van der Waals surface area contributed by atoms with Crippen LogP contribution in [0, 0.1) is 0 Å². The van der Waals surface area contributed by atoms with Crippen LogP contribution in [0.25, 0.3) is 5.70 Å². The van der Waals surface area contributed by atoms with E-state index in [9.17, 15) is 0 Å². The molecule has 164 valence electrons. The standard InChI is InChI=1S/C24H14BrCl3N4O/c25-13-3-1-12(2-4-13)23-20-21(17-9-14(26)6-8-19(17)33-23)31-24-29-11-30-32(24)22(20)16-7-5-15(27)10-18(16)28/h1-11,22-23H,(H,29,30,31)/t22-,23-/m1/s1. The van der Waals surface area contributed by atoms with Crippen molar-refractivity contribution in [3.63, 3.8) is 0 Å². The minimum atomic E-state index is -0.400. The second-order valence-corrected chi connectivity index (χ2v) is 9.94. The molecule has 5 nitrogen and oxygen atoms in total. The van der Waals surface area contributed by atoms with Gasteiger partial charge in [0.05, 0.1) is 5.70 Å². The monoisotopic (exact) mass is 558 g/mol. The van der Waals surface area contributed by atoms with E-state index in [1.165, 1.54) is 6.33 Å². The third kappa shape index (κ3) is 3.53. The molecular weight excluding hydrogens is 547 g/mol. The summed E-state index contributed by atoms with van der Waals surface area (Å²) in [5, 5.41) is 9.68. The van der Waals surface area contributed by atoms with E-state index >= 15 is 0 Å². The van der Waals surface area contributed by atoms with Crippen LogP contribution in [-0.4, -0.2) is 14.8 Å². The Morgan fingerprint density at radius 3 is 2.48 bits per heavy atom. The normalized spacial score (nSPS) is 18.7. The molecule has 6 rings (SSSR count). The Kier molecular flexibility index (Phi) is 5.14. The molecule has 2 aliphatic rings. The molecule has 0 saturated carbocycles. The van der Waals surface area contributed by atoms with Crippen molar-refractivity contribution in [2.24, 2.45) is 0 Å². The first-order chi connectivity index (χ1) is 16.0. The molecule has 0 unspecified atom stereocenters. The van der Waals surface area contributed by atoms with Gasteiger partial charge in [-0.2, -0.15) is 10.1 Å². The lowest BCUT2D eigenvalue weighted by atomic mass is 9.84. The highest BCUT2D eigenvalue weighted by Gasteiger charge is 2.41. The van der Waals surface area contributed by atoms with E-state index in [2.05, 4.69) is 31.3 Å². The summed E-state index contributed by atoms with van der Waals surface area (Å²) in [6, 6.07) is 18.8. The number of nitrogens with zero attached hydrogens (tertiary/aromatic N) is 3. The lowest BCUT2D eigenvalue weighted by Crippen LogP contribution is -2.32. The molecule has 0 amide bonds. The van der Waals surface area contributed by atoms with Crippen molar-refractivity contribution in [1.82, 2.24) is 14.8 Å². The number of anilines is 1. The van der Waals surface area contributed by atoms with Crippen molar-refractivity contribution in [3.05, 3.63) is 109 Å². The van der Waals surface area contributed by atoms with Crippen LogP contribution in [0.15, 0.2) is 77.0 Å². The number of ether oxygens (including phenoxy) is 1. The molecule has 3 aromatic carbocycles. The third-order valence-corrected chi connectivity index (χ3v) is 7.13. The van der Waals surface area contributed by atoms with Crippen LogP contribution >= 0.6 is 50.7 Å². The Labute approximate surface area is 213 Å². The van der Waals surface area contributed by atoms with Gasteiger partial charge in [0.1, 0.15) is 24.2 Å². The SMILES string of the molecule is Clc1ccc([C@@H]2C3=C(Nc4ncnn42)c2cc(Cl)ccc2O[C@@H]3c2ccc(Br)cc2)c(Cl)c1. The van der Waals surface area contributed by atoms with E-state index in [0.717, 1.165) is 38.2 Å². The maximum Gasteiger partial charge on any atom is 0.226 e. The maximum atomic E-state index is 6.71. The second kappa shape index (κ2) is 8.06. The highest BCUT2D eigenvalue weighted by Crippen LogP contribution is 2.52. The largest absolute Gasteiger partial charge is 0.480 e. The van der Waals surface area contributed by atoms with Gasteiger partial charge in [-0.1, -0.05) is 68.9 Å². The molecule has 2 atom stereocenters. The zero-order chi connectivity index (χ0) is 22.7. The molecule has 4 aromatic rings. The van der Waals surface area contributed by atoms with Crippen molar-refractivity contribution in [2.45, 2.75) is 12.1 Å². The van der Waals surface area contributed by atoms with Gasteiger partial charge < -0.3 is 10.1 Å². The minimum Gasteiger partial charge on any atom is -0.480 e. The lowest BCUT2D eigenvalue weighted by Gasteiger charge is -2.39. The van der Waals surface area contributed by atoms with Gasteiger partial charge >= 0.3 is 0 Å². The first-order valence-electron chi connectivity index (χ1n) is 10.1. The summed E-state index contributed by atoms with van der Waals surface area (Å²) in [6.07, 6.45) is 1.12. The predicted octanol–water partition coefficient (Wildman–Crippen LogP) is 7.56. The van der Waals surface area contributed by atoms with Gasteiger partial charge in [-0.05, 0) is 53.6 Å². The van der Waals surface area contributed by atoms with Crippen LogP contribution < -0.4 is 10.1 Å². The fourth-order valence-electron chi connectivity index (χ4n) is 4.38. The fourth-order valence-corrected chi connectivity index (χ4v) is 5.33. The van der Waals surface area contributed by atoms with Gasteiger partial charge in [-0.25, -0.2) is 4.68 Å². The molecular formula is C24H14BrCl3N4O. The summed E-state index contributed by atoms with van der Waals surface area (Å²) >= 11 is 22.8. The smallest absolute Gasteiger partial charge is 0.226 e. The zero-order valence-electron chi connectivity index (χ0n) is 16.8. The topological polar surface area (TPSA) is 52.0 Å². The first kappa shape index (κ1) is 21.1. The summed E-state index contributed by atoms with van der Waals surface area (Å²) in [5.74, 6) is 1.33. The molecule has 0 saturated heterocycles. The van der Waals surface area contributed by atoms with Gasteiger partial charge in [0.25, 0.3) is 0 Å². The summed E-state index contributed by atoms with van der Waals surface area (Å²) in [7, 11) is 0. The van der Waals surface area contributed by atoms with Crippen molar-refractivity contribution in [1.29, 1.82) is 0 Å². The van der Waals surface area contributed by atoms with E-state index in [1.807, 2.05) is 59.3 Å². The van der Waals surface area contributed by atoms with Crippen molar-refractivity contribution >= 4 is 62.4 Å². The highest BCUT2D eigenvalue weighted by atomic mass is 79.9. The van der Waals surface area contributed by atoms with Crippen LogP contribution in [0.1, 0.15) is 28.8 Å². The van der Waals surface area contributed by atoms with Crippen LogP contribution in [0.2, 0.25) is 15.1 Å². The van der Waals surface area contributed by atoms with Crippen molar-refractivity contribution in [2.75, 3.05) is 5.32 Å². The van der Waals surface area contributed by atoms with Gasteiger partial charge in [0.15, 0.2) is 0 Å². The molecule has 33 heavy (non-hydrogen) atoms. The first-order valence-corrected chi connectivity index (χ1v) is 12.0. The summed E-state index contributed by atoms with van der Waals surface area (Å²) in [4.78, 5) is 4.43. The summed E-state index contributed by atoms with van der Waals surface area (Å²) in [5.41, 5.74) is 4.53. The molecule has 9 heteroatoms.